The maximum Gasteiger partial charge on any atom is 0.408 e. The number of rotatable bonds is 5. The van der Waals surface area contributed by atoms with Crippen LogP contribution < -0.4 is 5.32 Å². The zero-order chi connectivity index (χ0) is 16.9. The van der Waals surface area contributed by atoms with E-state index in [0.29, 0.717) is 0 Å². The van der Waals surface area contributed by atoms with E-state index in [2.05, 4.69) is 5.32 Å². The van der Waals surface area contributed by atoms with Gasteiger partial charge in [-0.1, -0.05) is 12.1 Å². The molecule has 0 bridgehead atoms. The molecule has 0 radical (unpaired) electrons. The smallest absolute Gasteiger partial charge is 0.408 e. The molecule has 0 spiro atoms. The zero-order valence-corrected chi connectivity index (χ0v) is 12.6. The molecular formula is C15H18FNO5. The summed E-state index contributed by atoms with van der Waals surface area (Å²) >= 11 is 0. The fourth-order valence-corrected chi connectivity index (χ4v) is 1.63. The maximum atomic E-state index is 13.5. The topological polar surface area (TPSA) is 92.7 Å². The molecule has 0 aliphatic rings. The van der Waals surface area contributed by atoms with Gasteiger partial charge in [-0.05, 0) is 32.9 Å². The largest absolute Gasteiger partial charge is 0.480 e. The summed E-state index contributed by atoms with van der Waals surface area (Å²) in [6.45, 7) is 4.85. The summed E-state index contributed by atoms with van der Waals surface area (Å²) in [5, 5.41) is 11.2. The van der Waals surface area contributed by atoms with Crippen molar-refractivity contribution in [1.29, 1.82) is 0 Å². The third-order valence-corrected chi connectivity index (χ3v) is 2.55. The first-order valence-electron chi connectivity index (χ1n) is 6.60. The number of Topliss-reactive ketones (excluding diaryl/α,β-unsaturated/α-hetero) is 1. The molecule has 1 unspecified atom stereocenters. The average molecular weight is 311 g/mol. The van der Waals surface area contributed by atoms with Crippen molar-refractivity contribution in [2.75, 3.05) is 0 Å². The molecule has 0 saturated heterocycles. The average Bonchev–Trinajstić information content (AvgIpc) is 2.35. The lowest BCUT2D eigenvalue weighted by atomic mass is 10.0. The first kappa shape index (κ1) is 17.6. The Morgan fingerprint density at radius 2 is 1.86 bits per heavy atom. The van der Waals surface area contributed by atoms with Crippen molar-refractivity contribution in [3.8, 4) is 0 Å². The highest BCUT2D eigenvalue weighted by molar-refractivity contribution is 5.99. The molecule has 1 aromatic rings. The molecular weight excluding hydrogens is 293 g/mol. The number of amides is 1. The second kappa shape index (κ2) is 7.02. The zero-order valence-electron chi connectivity index (χ0n) is 12.6. The van der Waals surface area contributed by atoms with Crippen LogP contribution >= 0.6 is 0 Å². The number of alkyl carbamates (subject to hydrolysis) is 1. The van der Waals surface area contributed by atoms with Gasteiger partial charge in [0.15, 0.2) is 5.78 Å². The molecule has 7 heteroatoms. The van der Waals surface area contributed by atoms with E-state index in [-0.39, 0.29) is 5.56 Å². The molecule has 0 heterocycles. The number of hydrogen-bond acceptors (Lipinski definition) is 4. The molecule has 2 N–H and O–H groups in total. The van der Waals surface area contributed by atoms with Crippen molar-refractivity contribution < 1.29 is 28.6 Å². The van der Waals surface area contributed by atoms with Crippen LogP contribution in [0, 0.1) is 5.82 Å². The van der Waals surface area contributed by atoms with E-state index < -0.39 is 41.7 Å². The molecule has 120 valence electrons. The fourth-order valence-electron chi connectivity index (χ4n) is 1.63. The van der Waals surface area contributed by atoms with Crippen LogP contribution in [0.15, 0.2) is 24.3 Å². The van der Waals surface area contributed by atoms with Crippen LogP contribution in [0.3, 0.4) is 0 Å². The number of benzene rings is 1. The van der Waals surface area contributed by atoms with Gasteiger partial charge in [0.05, 0.1) is 5.56 Å². The summed E-state index contributed by atoms with van der Waals surface area (Å²) in [5.74, 6) is -2.87. The summed E-state index contributed by atoms with van der Waals surface area (Å²) in [6.07, 6.45) is -1.53. The van der Waals surface area contributed by atoms with E-state index in [9.17, 15) is 18.8 Å². The Bertz CT molecular complexity index is 580. The molecule has 22 heavy (non-hydrogen) atoms. The first-order valence-corrected chi connectivity index (χ1v) is 6.60. The van der Waals surface area contributed by atoms with E-state index in [1.165, 1.54) is 18.2 Å². The molecule has 1 amide bonds. The van der Waals surface area contributed by atoms with Gasteiger partial charge in [-0.25, -0.2) is 14.0 Å². The van der Waals surface area contributed by atoms with Gasteiger partial charge in [0, 0.05) is 6.42 Å². The quantitative estimate of drug-likeness (QED) is 0.814. The highest BCUT2D eigenvalue weighted by Gasteiger charge is 2.27. The Morgan fingerprint density at radius 1 is 1.27 bits per heavy atom. The van der Waals surface area contributed by atoms with Crippen LogP contribution in [0.5, 0.6) is 0 Å². The summed E-state index contributed by atoms with van der Waals surface area (Å²) in [4.78, 5) is 34.7. The number of ether oxygens (including phenoxy) is 1. The highest BCUT2D eigenvalue weighted by Crippen LogP contribution is 2.12. The van der Waals surface area contributed by atoms with E-state index in [0.717, 1.165) is 6.07 Å². The molecule has 0 aliphatic heterocycles. The first-order chi connectivity index (χ1) is 10.1. The van der Waals surface area contributed by atoms with E-state index in [4.69, 9.17) is 9.84 Å². The van der Waals surface area contributed by atoms with E-state index in [1.807, 2.05) is 0 Å². The minimum atomic E-state index is -1.50. The number of nitrogens with one attached hydrogen (secondary N) is 1. The van der Waals surface area contributed by atoms with Crippen LogP contribution in [0.2, 0.25) is 0 Å². The van der Waals surface area contributed by atoms with Crippen molar-refractivity contribution >= 4 is 17.8 Å². The lowest BCUT2D eigenvalue weighted by molar-refractivity contribution is -0.139. The van der Waals surface area contributed by atoms with Gasteiger partial charge in [-0.2, -0.15) is 0 Å². The lowest BCUT2D eigenvalue weighted by Crippen LogP contribution is -2.44. The number of halogens is 1. The molecule has 1 atom stereocenters. The van der Waals surface area contributed by atoms with Crippen LogP contribution in [0.4, 0.5) is 9.18 Å². The molecule has 0 aromatic heterocycles. The number of ketones is 1. The highest BCUT2D eigenvalue weighted by atomic mass is 19.1. The second-order valence-corrected chi connectivity index (χ2v) is 5.64. The number of carboxylic acid groups (broad SMARTS) is 1. The van der Waals surface area contributed by atoms with E-state index >= 15 is 0 Å². The predicted octanol–water partition coefficient (Wildman–Crippen LogP) is 2.38. The normalized spacial score (nSPS) is 12.4. The molecule has 1 aromatic carbocycles. The van der Waals surface area contributed by atoms with Gasteiger partial charge in [0.2, 0.25) is 0 Å². The van der Waals surface area contributed by atoms with Gasteiger partial charge >= 0.3 is 12.1 Å². The third-order valence-electron chi connectivity index (χ3n) is 2.55. The fraction of sp³-hybridized carbons (Fsp3) is 0.400. The Balaban J connectivity index is 2.77. The molecule has 1 rings (SSSR count). The summed E-state index contributed by atoms with van der Waals surface area (Å²) in [6, 6.07) is 3.74. The predicted molar refractivity (Wildman–Crippen MR) is 76.1 cm³/mol. The van der Waals surface area contributed by atoms with Crippen molar-refractivity contribution in [3.05, 3.63) is 35.6 Å². The summed E-state index contributed by atoms with van der Waals surface area (Å²) in [7, 11) is 0. The SMILES string of the molecule is CC(C)(C)OC(=O)NC(CC(=O)c1ccccc1F)C(=O)O. The van der Waals surface area contributed by atoms with Crippen molar-refractivity contribution in [3.63, 3.8) is 0 Å². The Labute approximate surface area is 127 Å². The van der Waals surface area contributed by atoms with Crippen LogP contribution in [-0.2, 0) is 9.53 Å². The molecule has 0 fully saturated rings. The maximum absolute atomic E-state index is 13.5. The standard InChI is InChI=1S/C15H18FNO5/c1-15(2,3)22-14(21)17-11(13(19)20)8-12(18)9-6-4-5-7-10(9)16/h4-7,11H,8H2,1-3H3,(H,17,21)(H,19,20). The molecule has 6 nitrogen and oxygen atoms in total. The van der Waals surface area contributed by atoms with Gasteiger partial charge in [0.25, 0.3) is 0 Å². The van der Waals surface area contributed by atoms with Crippen molar-refractivity contribution in [1.82, 2.24) is 5.32 Å². The van der Waals surface area contributed by atoms with Crippen LogP contribution in [0.1, 0.15) is 37.6 Å². The second-order valence-electron chi connectivity index (χ2n) is 5.64. The molecule has 0 saturated carbocycles. The van der Waals surface area contributed by atoms with Gasteiger partial charge in [0.1, 0.15) is 17.5 Å². The third kappa shape index (κ3) is 5.51. The summed E-state index contributed by atoms with van der Waals surface area (Å²) < 4.78 is 18.4. The van der Waals surface area contributed by atoms with E-state index in [1.54, 1.807) is 20.8 Å². The number of carbonyl (C=O) groups excluding carboxylic acids is 2. The van der Waals surface area contributed by atoms with Gasteiger partial charge in [-0.3, -0.25) is 4.79 Å². The Morgan fingerprint density at radius 3 is 2.36 bits per heavy atom. The monoisotopic (exact) mass is 311 g/mol. The number of aliphatic carboxylic acids is 1. The molecule has 0 aliphatic carbocycles. The number of carboxylic acids is 1. The minimum absolute atomic E-state index is 0.222. The number of carbonyl (C=O) groups is 3. The lowest BCUT2D eigenvalue weighted by Gasteiger charge is -2.21. The van der Waals surface area contributed by atoms with Crippen molar-refractivity contribution in [2.45, 2.75) is 38.8 Å². The van der Waals surface area contributed by atoms with Crippen molar-refractivity contribution in [2.24, 2.45) is 0 Å². The summed E-state index contributed by atoms with van der Waals surface area (Å²) in [5.41, 5.74) is -1.03. The number of hydrogen-bond donors (Lipinski definition) is 2. The van der Waals surface area contributed by atoms with Gasteiger partial charge in [-0.15, -0.1) is 0 Å². The minimum Gasteiger partial charge on any atom is -0.480 e. The Kier molecular flexibility index (Phi) is 5.62. The van der Waals surface area contributed by atoms with Crippen LogP contribution in [0.25, 0.3) is 0 Å². The van der Waals surface area contributed by atoms with Crippen LogP contribution in [-0.4, -0.2) is 34.6 Å². The van der Waals surface area contributed by atoms with Gasteiger partial charge < -0.3 is 15.2 Å². The Hall–Kier alpha value is -2.44.